The van der Waals surface area contributed by atoms with Crippen molar-refractivity contribution < 1.29 is 0 Å². The monoisotopic (exact) mass is 1100 g/mol. The molecule has 0 bridgehead atoms. The summed E-state index contributed by atoms with van der Waals surface area (Å²) >= 11 is 1.91. The minimum absolute atomic E-state index is 0.0117. The maximum Gasteiger partial charge on any atom is 0.252 e. The summed E-state index contributed by atoms with van der Waals surface area (Å²) in [6.07, 6.45) is 4.66. The van der Waals surface area contributed by atoms with Crippen molar-refractivity contribution in [3.8, 4) is 0 Å². The maximum atomic E-state index is 2.74. The summed E-state index contributed by atoms with van der Waals surface area (Å²) in [5, 5.41) is 2.61. The summed E-state index contributed by atoms with van der Waals surface area (Å²) in [5.41, 5.74) is 26.4. The molecule has 0 spiro atoms. The molecule has 4 aliphatic rings. The van der Waals surface area contributed by atoms with Crippen LogP contribution in [0.15, 0.2) is 146 Å². The maximum absolute atomic E-state index is 2.74. The fourth-order valence-corrected chi connectivity index (χ4v) is 15.8. The van der Waals surface area contributed by atoms with E-state index in [1.165, 1.54) is 134 Å². The third kappa shape index (κ3) is 8.62. The van der Waals surface area contributed by atoms with Gasteiger partial charge in [-0.3, -0.25) is 0 Å². The van der Waals surface area contributed by atoms with Crippen LogP contribution in [0.5, 0.6) is 0 Å². The Hall–Kier alpha value is -6.56. The molecule has 2 aliphatic carbocycles. The molecule has 3 heterocycles. The van der Waals surface area contributed by atoms with Crippen LogP contribution in [0.2, 0.25) is 0 Å². The van der Waals surface area contributed by atoms with Crippen LogP contribution < -0.4 is 31.1 Å². The highest BCUT2D eigenvalue weighted by Crippen LogP contribution is 2.55. The van der Waals surface area contributed by atoms with E-state index in [-0.39, 0.29) is 44.6 Å². The molecule has 0 radical (unpaired) electrons. The summed E-state index contributed by atoms with van der Waals surface area (Å²) in [6.45, 7) is 43.3. The van der Waals surface area contributed by atoms with E-state index in [0.29, 0.717) is 0 Å². The Morgan fingerprint density at radius 2 is 0.976 bits per heavy atom. The van der Waals surface area contributed by atoms with Gasteiger partial charge in [-0.1, -0.05) is 184 Å². The molecule has 418 valence electrons. The molecule has 1 aromatic heterocycles. The number of rotatable bonds is 5. The molecule has 0 unspecified atom stereocenters. The van der Waals surface area contributed by atoms with E-state index in [1.54, 1.807) is 0 Å². The van der Waals surface area contributed by atoms with Gasteiger partial charge in [-0.25, -0.2) is 0 Å². The zero-order chi connectivity index (χ0) is 58.2. The first kappa shape index (κ1) is 54.7. The first-order chi connectivity index (χ1) is 38.4. The van der Waals surface area contributed by atoms with Gasteiger partial charge in [0.1, 0.15) is 0 Å². The summed E-state index contributed by atoms with van der Waals surface area (Å²) in [7, 11) is 0. The lowest BCUT2D eigenvalue weighted by Crippen LogP contribution is -2.62. The predicted octanol–water partition coefficient (Wildman–Crippen LogP) is 20.5. The third-order valence-electron chi connectivity index (χ3n) is 20.2. The van der Waals surface area contributed by atoms with Gasteiger partial charge >= 0.3 is 0 Å². The second-order valence-corrected chi connectivity index (χ2v) is 32.0. The Morgan fingerprint density at radius 3 is 1.61 bits per heavy atom. The van der Waals surface area contributed by atoms with E-state index in [0.717, 1.165) is 24.2 Å². The van der Waals surface area contributed by atoms with Crippen LogP contribution in [-0.2, 0) is 37.9 Å². The topological polar surface area (TPSA) is 9.72 Å². The van der Waals surface area contributed by atoms with Crippen LogP contribution in [0.4, 0.5) is 51.2 Å². The van der Waals surface area contributed by atoms with Crippen molar-refractivity contribution in [2.24, 2.45) is 0 Å². The fourth-order valence-electron chi connectivity index (χ4n) is 14.7. The zero-order valence-corrected chi connectivity index (χ0v) is 53.3. The van der Waals surface area contributed by atoms with Crippen LogP contribution in [-0.4, -0.2) is 6.71 Å². The minimum Gasteiger partial charge on any atom is -0.311 e. The van der Waals surface area contributed by atoms with E-state index in [2.05, 4.69) is 285 Å². The lowest BCUT2D eigenvalue weighted by Gasteiger charge is -2.48. The molecule has 0 saturated heterocycles. The molecule has 3 nitrogen and oxygen atoms in total. The molecule has 9 aromatic rings. The summed E-state index contributed by atoms with van der Waals surface area (Å²) in [4.78, 5) is 7.99. The summed E-state index contributed by atoms with van der Waals surface area (Å²) in [6, 6.07) is 58.4. The molecule has 5 heteroatoms. The largest absolute Gasteiger partial charge is 0.311 e. The Balaban J connectivity index is 1.16. The second kappa shape index (κ2) is 18.2. The molecule has 13 rings (SSSR count). The molecule has 2 aliphatic heterocycles. The zero-order valence-electron chi connectivity index (χ0n) is 52.5. The van der Waals surface area contributed by atoms with Crippen molar-refractivity contribution in [1.82, 2.24) is 0 Å². The Bertz CT molecular complexity index is 4090. The third-order valence-corrected chi connectivity index (χ3v) is 21.3. The Kier molecular flexibility index (Phi) is 12.2. The molecule has 0 N–H and O–H groups in total. The van der Waals surface area contributed by atoms with E-state index in [1.807, 2.05) is 11.3 Å². The van der Waals surface area contributed by atoms with Gasteiger partial charge in [0.15, 0.2) is 0 Å². The van der Waals surface area contributed by atoms with Gasteiger partial charge in [0, 0.05) is 65.7 Å². The highest BCUT2D eigenvalue weighted by molar-refractivity contribution is 7.26. The first-order valence-electron chi connectivity index (χ1n) is 30.6. The smallest absolute Gasteiger partial charge is 0.252 e. The van der Waals surface area contributed by atoms with E-state index < -0.39 is 0 Å². The van der Waals surface area contributed by atoms with Crippen LogP contribution in [0.3, 0.4) is 0 Å². The fraction of sp³-hybridized carbons (Fsp3) is 0.377. The van der Waals surface area contributed by atoms with Gasteiger partial charge in [0.2, 0.25) is 0 Å². The highest BCUT2D eigenvalue weighted by Gasteiger charge is 2.48. The number of anilines is 9. The number of fused-ring (bicyclic) bond motifs is 9. The van der Waals surface area contributed by atoms with Crippen molar-refractivity contribution >= 4 is 106 Å². The Morgan fingerprint density at radius 1 is 0.427 bits per heavy atom. The van der Waals surface area contributed by atoms with Crippen LogP contribution in [0.25, 0.3) is 20.2 Å². The standard InChI is InChI=1S/C77H86BN3S/c1-47-40-49(72(5,6)7)28-35-61(47)79(51-29-26-48(27-30-51)71(2,3)4)53-32-34-59-63(44-53)81(62-23-21-25-68-69(62)54-22-19-20-24-67(54)82-68)66-42-50(73(8,9)10)41-65-70(66)78(59)60-45-57-58(77(17,18)39-38-76(57,15)16)46-64(60)80(65)52-31-33-55-56(43-52)75(13,14)37-36-74(55,11)12/h19-35,40-46H,36-39H2,1-18H3. The molecular weight excluding hydrogens is 1010 g/mol. The SMILES string of the molecule is Cc1cc(C(C)(C)C)ccc1N(c1ccc(C(C)(C)C)cc1)c1ccc2c(c1)N(c1cccc3sc4ccccc4c13)c1cc(C(C)(C)C)cc3c1B2c1cc2c(cc1N3c1ccc3c(c1)C(C)(C)CCC3(C)C)C(C)(C)CCC2(C)C. The van der Waals surface area contributed by atoms with Crippen molar-refractivity contribution in [2.45, 2.75) is 188 Å². The normalized spacial score (nSPS) is 17.5. The van der Waals surface area contributed by atoms with Crippen molar-refractivity contribution in [3.05, 3.63) is 190 Å². The molecule has 0 atom stereocenters. The molecular formula is C77H86BN3S. The highest BCUT2D eigenvalue weighted by atomic mass is 32.1. The second-order valence-electron chi connectivity index (χ2n) is 30.9. The number of aryl methyl sites for hydroxylation is 1. The average Bonchev–Trinajstić information content (AvgIpc) is 1.05. The molecule has 0 saturated carbocycles. The van der Waals surface area contributed by atoms with Gasteiger partial charge in [0.05, 0.1) is 5.69 Å². The van der Waals surface area contributed by atoms with Gasteiger partial charge in [-0.2, -0.15) is 0 Å². The van der Waals surface area contributed by atoms with Gasteiger partial charge in [0.25, 0.3) is 6.71 Å². The quantitative estimate of drug-likeness (QED) is 0.159. The van der Waals surface area contributed by atoms with Crippen molar-refractivity contribution in [3.63, 3.8) is 0 Å². The summed E-state index contributed by atoms with van der Waals surface area (Å²) in [5.74, 6) is 0. The lowest BCUT2D eigenvalue weighted by molar-refractivity contribution is 0.332. The Labute approximate surface area is 495 Å². The van der Waals surface area contributed by atoms with E-state index >= 15 is 0 Å². The predicted molar refractivity (Wildman–Crippen MR) is 359 cm³/mol. The molecule has 8 aromatic carbocycles. The number of thiophene rings is 1. The van der Waals surface area contributed by atoms with Crippen LogP contribution in [0.1, 0.15) is 188 Å². The number of hydrogen-bond acceptors (Lipinski definition) is 4. The number of benzene rings is 8. The average molecular weight is 1100 g/mol. The number of nitrogens with zero attached hydrogens (tertiary/aromatic N) is 3. The summed E-state index contributed by atoms with van der Waals surface area (Å²) < 4.78 is 2.62. The van der Waals surface area contributed by atoms with Crippen LogP contribution in [0, 0.1) is 6.92 Å². The van der Waals surface area contributed by atoms with Gasteiger partial charge in [-0.05, 0) is 210 Å². The first-order valence-corrected chi connectivity index (χ1v) is 31.4. The van der Waals surface area contributed by atoms with Crippen LogP contribution >= 0.6 is 11.3 Å². The van der Waals surface area contributed by atoms with Crippen molar-refractivity contribution in [1.29, 1.82) is 0 Å². The van der Waals surface area contributed by atoms with E-state index in [4.69, 9.17) is 0 Å². The van der Waals surface area contributed by atoms with Gasteiger partial charge < -0.3 is 14.7 Å². The minimum atomic E-state index is -0.168. The van der Waals surface area contributed by atoms with E-state index in [9.17, 15) is 0 Å². The van der Waals surface area contributed by atoms with Gasteiger partial charge in [-0.15, -0.1) is 11.3 Å². The lowest BCUT2D eigenvalue weighted by atomic mass is 9.33. The molecule has 0 fully saturated rings. The molecule has 82 heavy (non-hydrogen) atoms. The molecule has 0 amide bonds. The number of hydrogen-bond donors (Lipinski definition) is 0. The van der Waals surface area contributed by atoms with Crippen molar-refractivity contribution in [2.75, 3.05) is 14.7 Å².